The third kappa shape index (κ3) is 3.96. The van der Waals surface area contributed by atoms with Crippen molar-refractivity contribution in [2.24, 2.45) is 5.16 Å². The molecule has 0 heterocycles. The summed E-state index contributed by atoms with van der Waals surface area (Å²) in [5.41, 5.74) is 0.971. The van der Waals surface area contributed by atoms with E-state index in [0.29, 0.717) is 0 Å². The first-order valence-electron chi connectivity index (χ1n) is 4.81. The molecule has 1 rings (SSSR count). The van der Waals surface area contributed by atoms with Crippen LogP contribution in [-0.4, -0.2) is 23.5 Å². The van der Waals surface area contributed by atoms with Crippen LogP contribution in [0.2, 0.25) is 0 Å². The normalized spacial score (nSPS) is 11.7. The number of benzene rings is 1. The van der Waals surface area contributed by atoms with Crippen molar-refractivity contribution in [3.05, 3.63) is 42.0 Å². The molecule has 0 radical (unpaired) electrons. The zero-order valence-electron chi connectivity index (χ0n) is 8.96. The van der Waals surface area contributed by atoms with Gasteiger partial charge in [-0.05, 0) is 18.6 Å². The Morgan fingerprint density at radius 3 is 2.75 bits per heavy atom. The summed E-state index contributed by atoms with van der Waals surface area (Å²) in [6.07, 6.45) is 3.57. The van der Waals surface area contributed by atoms with Crippen LogP contribution in [0.25, 0.3) is 6.08 Å². The molecule has 0 aliphatic rings. The highest BCUT2D eigenvalue weighted by molar-refractivity contribution is 6.35. The van der Waals surface area contributed by atoms with Crippen molar-refractivity contribution in [3.8, 4) is 0 Å². The fourth-order valence-electron chi connectivity index (χ4n) is 1.02. The van der Waals surface area contributed by atoms with Crippen LogP contribution in [0.3, 0.4) is 0 Å². The van der Waals surface area contributed by atoms with Crippen LogP contribution < -0.4 is 0 Å². The van der Waals surface area contributed by atoms with Gasteiger partial charge in [0.05, 0.1) is 0 Å². The molecule has 4 heteroatoms. The van der Waals surface area contributed by atoms with Crippen LogP contribution >= 0.6 is 0 Å². The molecule has 1 aromatic rings. The second-order valence-electron chi connectivity index (χ2n) is 3.10. The third-order valence-electron chi connectivity index (χ3n) is 1.87. The van der Waals surface area contributed by atoms with Crippen LogP contribution in [0.1, 0.15) is 12.5 Å². The molecule has 0 spiro atoms. The van der Waals surface area contributed by atoms with E-state index in [9.17, 15) is 4.79 Å². The summed E-state index contributed by atoms with van der Waals surface area (Å²) >= 11 is 0. The van der Waals surface area contributed by atoms with Gasteiger partial charge in [0.25, 0.3) is 0 Å². The van der Waals surface area contributed by atoms with Gasteiger partial charge in [0, 0.05) is 0 Å². The Hall–Kier alpha value is -2.10. The van der Waals surface area contributed by atoms with E-state index in [-0.39, 0.29) is 12.3 Å². The van der Waals surface area contributed by atoms with Gasteiger partial charge < -0.3 is 9.94 Å². The van der Waals surface area contributed by atoms with Crippen molar-refractivity contribution in [1.82, 2.24) is 0 Å². The summed E-state index contributed by atoms with van der Waals surface area (Å²) in [5, 5.41) is 11.1. The van der Waals surface area contributed by atoms with Gasteiger partial charge in [0.1, 0.15) is 6.61 Å². The zero-order valence-corrected chi connectivity index (χ0v) is 8.96. The summed E-state index contributed by atoms with van der Waals surface area (Å²) in [6.45, 7) is 1.53. The fraction of sp³-hybridized carbons (Fsp3) is 0.167. The zero-order chi connectivity index (χ0) is 11.8. The molecule has 0 aromatic heterocycles. The molecular formula is C12H13NO3. The Morgan fingerprint density at radius 2 is 2.12 bits per heavy atom. The molecule has 0 aliphatic heterocycles. The Balaban J connectivity index is 2.37. The number of carbonyl (C=O) groups excluding carboxylic acids is 1. The first-order valence-corrected chi connectivity index (χ1v) is 4.81. The minimum atomic E-state index is -0.625. The number of oxime groups is 1. The SMILES string of the molecule is C/C(=N/O)C(=O)OC/C=C/c1ccccc1. The van der Waals surface area contributed by atoms with Crippen LogP contribution in [0.4, 0.5) is 0 Å². The van der Waals surface area contributed by atoms with E-state index < -0.39 is 5.97 Å². The summed E-state index contributed by atoms with van der Waals surface area (Å²) in [4.78, 5) is 11.0. The van der Waals surface area contributed by atoms with Gasteiger partial charge in [0.15, 0.2) is 5.71 Å². The quantitative estimate of drug-likeness (QED) is 0.365. The molecule has 0 saturated carbocycles. The van der Waals surface area contributed by atoms with Crippen LogP contribution in [0.15, 0.2) is 41.6 Å². The molecule has 0 unspecified atom stereocenters. The Morgan fingerprint density at radius 1 is 1.44 bits per heavy atom. The summed E-state index contributed by atoms with van der Waals surface area (Å²) < 4.78 is 4.80. The van der Waals surface area contributed by atoms with Gasteiger partial charge in [-0.25, -0.2) is 4.79 Å². The average molecular weight is 219 g/mol. The molecule has 0 fully saturated rings. The average Bonchev–Trinajstić information content (AvgIpc) is 2.34. The first-order chi connectivity index (χ1) is 7.74. The maximum atomic E-state index is 11.0. The van der Waals surface area contributed by atoms with E-state index in [4.69, 9.17) is 9.94 Å². The molecule has 4 nitrogen and oxygen atoms in total. The van der Waals surface area contributed by atoms with Crippen molar-refractivity contribution in [2.75, 3.05) is 6.61 Å². The summed E-state index contributed by atoms with van der Waals surface area (Å²) in [5.74, 6) is -0.625. The molecule has 0 aliphatic carbocycles. The molecule has 84 valence electrons. The van der Waals surface area contributed by atoms with Crippen molar-refractivity contribution in [3.63, 3.8) is 0 Å². The van der Waals surface area contributed by atoms with Gasteiger partial charge >= 0.3 is 5.97 Å². The lowest BCUT2D eigenvalue weighted by Gasteiger charge is -1.98. The largest absolute Gasteiger partial charge is 0.457 e. The standard InChI is InChI=1S/C12H13NO3/c1-10(13-15)12(14)16-9-5-8-11-6-3-2-4-7-11/h2-8,15H,9H2,1H3/b8-5+,13-10-. The van der Waals surface area contributed by atoms with Crippen molar-refractivity contribution < 1.29 is 14.7 Å². The van der Waals surface area contributed by atoms with E-state index in [1.165, 1.54) is 6.92 Å². The topological polar surface area (TPSA) is 58.9 Å². The lowest BCUT2D eigenvalue weighted by atomic mass is 10.2. The highest BCUT2D eigenvalue weighted by Crippen LogP contribution is 2.00. The lowest BCUT2D eigenvalue weighted by molar-refractivity contribution is -0.134. The molecular weight excluding hydrogens is 206 g/mol. The number of hydrogen-bond acceptors (Lipinski definition) is 4. The monoisotopic (exact) mass is 219 g/mol. The third-order valence-corrected chi connectivity index (χ3v) is 1.87. The maximum Gasteiger partial charge on any atom is 0.356 e. The molecule has 0 amide bonds. The van der Waals surface area contributed by atoms with Crippen molar-refractivity contribution in [2.45, 2.75) is 6.92 Å². The smallest absolute Gasteiger partial charge is 0.356 e. The van der Waals surface area contributed by atoms with Crippen LogP contribution in [0.5, 0.6) is 0 Å². The number of carbonyl (C=O) groups is 1. The minimum absolute atomic E-state index is 0.0619. The predicted octanol–water partition coefficient (Wildman–Crippen LogP) is 2.09. The van der Waals surface area contributed by atoms with Gasteiger partial charge in [-0.1, -0.05) is 41.6 Å². The number of rotatable bonds is 4. The molecule has 0 saturated heterocycles. The van der Waals surface area contributed by atoms with Gasteiger partial charge in [-0.15, -0.1) is 0 Å². The first kappa shape index (κ1) is 12.0. The minimum Gasteiger partial charge on any atom is -0.457 e. The van der Waals surface area contributed by atoms with Crippen LogP contribution in [0, 0.1) is 0 Å². The lowest BCUT2D eigenvalue weighted by Crippen LogP contribution is -2.14. The molecule has 16 heavy (non-hydrogen) atoms. The highest BCUT2D eigenvalue weighted by atomic mass is 16.5. The molecule has 0 bridgehead atoms. The molecule has 1 N–H and O–H groups in total. The summed E-state index contributed by atoms with van der Waals surface area (Å²) in [7, 11) is 0. The van der Waals surface area contributed by atoms with E-state index in [1.54, 1.807) is 6.08 Å². The van der Waals surface area contributed by atoms with E-state index in [0.717, 1.165) is 5.56 Å². The number of hydrogen-bond donors (Lipinski definition) is 1. The van der Waals surface area contributed by atoms with Crippen molar-refractivity contribution in [1.29, 1.82) is 0 Å². The second kappa shape index (κ2) is 6.40. The van der Waals surface area contributed by atoms with Gasteiger partial charge in [-0.3, -0.25) is 0 Å². The Labute approximate surface area is 93.9 Å². The van der Waals surface area contributed by atoms with Gasteiger partial charge in [-0.2, -0.15) is 0 Å². The predicted molar refractivity (Wildman–Crippen MR) is 61.3 cm³/mol. The summed E-state index contributed by atoms with van der Waals surface area (Å²) in [6, 6.07) is 9.67. The highest BCUT2D eigenvalue weighted by Gasteiger charge is 2.05. The van der Waals surface area contributed by atoms with E-state index >= 15 is 0 Å². The van der Waals surface area contributed by atoms with Crippen LogP contribution in [-0.2, 0) is 9.53 Å². The van der Waals surface area contributed by atoms with E-state index in [1.807, 2.05) is 36.4 Å². The fourth-order valence-corrected chi connectivity index (χ4v) is 1.02. The molecule has 0 atom stereocenters. The Kier molecular flexibility index (Phi) is 4.79. The maximum absolute atomic E-state index is 11.0. The second-order valence-corrected chi connectivity index (χ2v) is 3.10. The van der Waals surface area contributed by atoms with E-state index in [2.05, 4.69) is 5.16 Å². The number of ether oxygens (including phenoxy) is 1. The Bertz CT molecular complexity index is 396. The number of nitrogens with zero attached hydrogens (tertiary/aromatic N) is 1. The van der Waals surface area contributed by atoms with Crippen molar-refractivity contribution >= 4 is 17.8 Å². The molecule has 1 aromatic carbocycles. The number of esters is 1. The van der Waals surface area contributed by atoms with Gasteiger partial charge in [0.2, 0.25) is 0 Å².